The lowest BCUT2D eigenvalue weighted by Crippen LogP contribution is -2.33. The Morgan fingerprint density at radius 1 is 1.39 bits per heavy atom. The van der Waals surface area contributed by atoms with E-state index >= 15 is 0 Å². The zero-order chi connectivity index (χ0) is 13.2. The number of aliphatic hydroxyl groups is 1. The van der Waals surface area contributed by atoms with Crippen LogP contribution in [0.3, 0.4) is 0 Å². The van der Waals surface area contributed by atoms with Gasteiger partial charge in [-0.3, -0.25) is 10.1 Å². The molecule has 0 aliphatic carbocycles. The summed E-state index contributed by atoms with van der Waals surface area (Å²) in [7, 11) is 0. The number of hydrogen-bond donors (Lipinski definition) is 3. The van der Waals surface area contributed by atoms with E-state index in [1.54, 1.807) is 0 Å². The summed E-state index contributed by atoms with van der Waals surface area (Å²) in [6, 6.07) is 6.18. The minimum absolute atomic E-state index is 0.00950. The maximum absolute atomic E-state index is 11.3. The van der Waals surface area contributed by atoms with E-state index in [1.165, 1.54) is 11.1 Å². The summed E-state index contributed by atoms with van der Waals surface area (Å²) in [6.07, 6.45) is 1.37. The highest BCUT2D eigenvalue weighted by atomic mass is 16.3. The normalized spacial score (nSPS) is 15.2. The number of benzene rings is 1. The first-order valence-corrected chi connectivity index (χ1v) is 6.28. The molecule has 0 saturated heterocycles. The number of nitrogens with one attached hydrogen (secondary N) is 2. The molecule has 1 aliphatic heterocycles. The van der Waals surface area contributed by atoms with Crippen molar-refractivity contribution < 1.29 is 9.90 Å². The second kappa shape index (κ2) is 5.08. The fraction of sp³-hybridized carbons (Fsp3) is 0.500. The Kier molecular flexibility index (Phi) is 3.68. The summed E-state index contributed by atoms with van der Waals surface area (Å²) in [5.41, 5.74) is 3.31. The Morgan fingerprint density at radius 3 is 2.89 bits per heavy atom. The number of aliphatic hydroxyl groups excluding tert-OH is 1. The third-order valence-electron chi connectivity index (χ3n) is 3.46. The lowest BCUT2D eigenvalue weighted by atomic mass is 9.82. The Hall–Kier alpha value is -1.39. The summed E-state index contributed by atoms with van der Waals surface area (Å²) < 4.78 is 0. The number of carbonyl (C=O) groups is 1. The SMILES string of the molecule is CC(C)(CNCO)c1ccc2c(c1)CCC(=O)N2. The molecule has 1 aromatic rings. The minimum atomic E-state index is -0.0424. The molecule has 3 N–H and O–H groups in total. The quantitative estimate of drug-likeness (QED) is 0.706. The van der Waals surface area contributed by atoms with Gasteiger partial charge in [-0.25, -0.2) is 0 Å². The molecule has 0 atom stereocenters. The lowest BCUT2D eigenvalue weighted by Gasteiger charge is -2.27. The molecule has 98 valence electrons. The zero-order valence-corrected chi connectivity index (χ0v) is 10.9. The van der Waals surface area contributed by atoms with Crippen LogP contribution in [0.1, 0.15) is 31.4 Å². The fourth-order valence-electron chi connectivity index (χ4n) is 2.27. The van der Waals surface area contributed by atoms with E-state index in [0.29, 0.717) is 13.0 Å². The molecule has 0 aromatic heterocycles. The molecule has 0 bridgehead atoms. The maximum Gasteiger partial charge on any atom is 0.224 e. The van der Waals surface area contributed by atoms with Gasteiger partial charge >= 0.3 is 0 Å². The first-order chi connectivity index (χ1) is 8.53. The van der Waals surface area contributed by atoms with E-state index in [0.717, 1.165) is 12.1 Å². The van der Waals surface area contributed by atoms with Crippen LogP contribution in [0.4, 0.5) is 5.69 Å². The topological polar surface area (TPSA) is 61.4 Å². The number of amides is 1. The fourth-order valence-corrected chi connectivity index (χ4v) is 2.27. The van der Waals surface area contributed by atoms with Crippen LogP contribution in [-0.4, -0.2) is 24.3 Å². The Bertz CT molecular complexity index is 455. The van der Waals surface area contributed by atoms with E-state index < -0.39 is 0 Å². The van der Waals surface area contributed by atoms with Crippen LogP contribution in [-0.2, 0) is 16.6 Å². The van der Waals surface area contributed by atoms with Crippen LogP contribution in [0.15, 0.2) is 18.2 Å². The Morgan fingerprint density at radius 2 is 2.17 bits per heavy atom. The standard InChI is InChI=1S/C14H20N2O2/c1-14(2,8-15-9-17)11-4-5-12-10(7-11)3-6-13(18)16-12/h4-5,7,15,17H,3,6,8-9H2,1-2H3,(H,16,18). The highest BCUT2D eigenvalue weighted by Gasteiger charge is 2.22. The van der Waals surface area contributed by atoms with Gasteiger partial charge in [0.25, 0.3) is 0 Å². The summed E-state index contributed by atoms with van der Waals surface area (Å²) in [5.74, 6) is 0.0939. The lowest BCUT2D eigenvalue weighted by molar-refractivity contribution is -0.116. The second-order valence-electron chi connectivity index (χ2n) is 5.39. The van der Waals surface area contributed by atoms with Crippen LogP contribution >= 0.6 is 0 Å². The molecule has 1 aliphatic rings. The molecule has 2 rings (SSSR count). The van der Waals surface area contributed by atoms with Gasteiger partial charge in [0.1, 0.15) is 0 Å². The van der Waals surface area contributed by atoms with Crippen molar-refractivity contribution in [2.24, 2.45) is 0 Å². The van der Waals surface area contributed by atoms with Crippen LogP contribution in [0, 0.1) is 0 Å². The van der Waals surface area contributed by atoms with Crippen molar-refractivity contribution in [3.8, 4) is 0 Å². The van der Waals surface area contributed by atoms with Gasteiger partial charge in [-0.2, -0.15) is 0 Å². The summed E-state index contributed by atoms with van der Waals surface area (Å²) in [5, 5.41) is 14.7. The van der Waals surface area contributed by atoms with E-state index in [-0.39, 0.29) is 18.1 Å². The van der Waals surface area contributed by atoms with Crippen molar-refractivity contribution in [1.82, 2.24) is 5.32 Å². The third kappa shape index (κ3) is 2.71. The molecule has 1 amide bonds. The number of carbonyl (C=O) groups excluding carboxylic acids is 1. The van der Waals surface area contributed by atoms with Gasteiger partial charge in [-0.05, 0) is 23.6 Å². The molecular formula is C14H20N2O2. The highest BCUT2D eigenvalue weighted by Crippen LogP contribution is 2.29. The van der Waals surface area contributed by atoms with Crippen LogP contribution in [0.2, 0.25) is 0 Å². The molecule has 0 spiro atoms. The largest absolute Gasteiger partial charge is 0.381 e. The molecule has 0 unspecified atom stereocenters. The van der Waals surface area contributed by atoms with Gasteiger partial charge < -0.3 is 10.4 Å². The average Bonchev–Trinajstić information content (AvgIpc) is 2.35. The van der Waals surface area contributed by atoms with Gasteiger partial charge in [0.05, 0.1) is 6.73 Å². The van der Waals surface area contributed by atoms with Gasteiger partial charge in [-0.15, -0.1) is 0 Å². The zero-order valence-electron chi connectivity index (χ0n) is 10.9. The minimum Gasteiger partial charge on any atom is -0.381 e. The molecule has 0 radical (unpaired) electrons. The predicted octanol–water partition coefficient (Wildman–Crippen LogP) is 1.39. The monoisotopic (exact) mass is 248 g/mol. The molecule has 1 heterocycles. The van der Waals surface area contributed by atoms with Gasteiger partial charge in [0, 0.05) is 24.1 Å². The van der Waals surface area contributed by atoms with Gasteiger partial charge in [0.15, 0.2) is 0 Å². The van der Waals surface area contributed by atoms with Crippen LogP contribution < -0.4 is 10.6 Å². The van der Waals surface area contributed by atoms with Crippen molar-refractivity contribution in [2.75, 3.05) is 18.6 Å². The molecule has 0 saturated carbocycles. The van der Waals surface area contributed by atoms with Crippen molar-refractivity contribution >= 4 is 11.6 Å². The number of hydrogen-bond acceptors (Lipinski definition) is 3. The van der Waals surface area contributed by atoms with Crippen molar-refractivity contribution in [3.05, 3.63) is 29.3 Å². The average molecular weight is 248 g/mol. The van der Waals surface area contributed by atoms with E-state index in [2.05, 4.69) is 30.5 Å². The smallest absolute Gasteiger partial charge is 0.224 e. The molecule has 18 heavy (non-hydrogen) atoms. The number of fused-ring (bicyclic) bond motifs is 1. The van der Waals surface area contributed by atoms with Crippen LogP contribution in [0.5, 0.6) is 0 Å². The highest BCUT2D eigenvalue weighted by molar-refractivity contribution is 5.93. The van der Waals surface area contributed by atoms with Crippen molar-refractivity contribution in [2.45, 2.75) is 32.1 Å². The second-order valence-corrected chi connectivity index (χ2v) is 5.39. The molecule has 4 nitrogen and oxygen atoms in total. The Labute approximate surface area is 107 Å². The first kappa shape index (κ1) is 13.1. The maximum atomic E-state index is 11.3. The van der Waals surface area contributed by atoms with Gasteiger partial charge in [-0.1, -0.05) is 26.0 Å². The van der Waals surface area contributed by atoms with E-state index in [1.807, 2.05) is 12.1 Å². The third-order valence-corrected chi connectivity index (χ3v) is 3.46. The summed E-state index contributed by atoms with van der Waals surface area (Å²) >= 11 is 0. The number of rotatable bonds is 4. The van der Waals surface area contributed by atoms with E-state index in [9.17, 15) is 4.79 Å². The van der Waals surface area contributed by atoms with Gasteiger partial charge in [0.2, 0.25) is 5.91 Å². The van der Waals surface area contributed by atoms with Crippen molar-refractivity contribution in [3.63, 3.8) is 0 Å². The summed E-state index contributed by atoms with van der Waals surface area (Å²) in [6.45, 7) is 4.98. The number of aryl methyl sites for hydroxylation is 1. The van der Waals surface area contributed by atoms with Crippen molar-refractivity contribution in [1.29, 1.82) is 0 Å². The van der Waals surface area contributed by atoms with E-state index in [4.69, 9.17) is 5.11 Å². The summed E-state index contributed by atoms with van der Waals surface area (Å²) in [4.78, 5) is 11.3. The predicted molar refractivity (Wildman–Crippen MR) is 71.5 cm³/mol. The molecule has 1 aromatic carbocycles. The first-order valence-electron chi connectivity index (χ1n) is 6.28. The molecule has 4 heteroatoms. The number of anilines is 1. The molecular weight excluding hydrogens is 228 g/mol. The van der Waals surface area contributed by atoms with Crippen LogP contribution in [0.25, 0.3) is 0 Å². The Balaban J connectivity index is 2.23. The molecule has 0 fully saturated rings.